The van der Waals surface area contributed by atoms with Crippen LogP contribution in [0.4, 0.5) is 0 Å². The zero-order valence-corrected chi connectivity index (χ0v) is 11.8. The first-order valence-electron chi connectivity index (χ1n) is 3.28. The molecule has 0 aliphatic heterocycles. The normalized spacial score (nSPS) is 11.3. The van der Waals surface area contributed by atoms with Crippen molar-refractivity contribution in [2.45, 2.75) is 26.6 Å². The Bertz CT molecular complexity index is 125. The molecule has 0 aromatic rings. The Kier molecular flexibility index (Phi) is 14.7. The monoisotopic (exact) mass is 242 g/mol. The van der Waals surface area contributed by atoms with Crippen molar-refractivity contribution in [3.63, 3.8) is 0 Å². The summed E-state index contributed by atoms with van der Waals surface area (Å²) in [6.45, 7) is 8.83. The van der Waals surface area contributed by atoms with Gasteiger partial charge in [-0.25, -0.2) is 12.2 Å². The van der Waals surface area contributed by atoms with Crippen LogP contribution in [-0.4, -0.2) is 31.1 Å². The Morgan fingerprint density at radius 3 is 1.91 bits per heavy atom. The Labute approximate surface area is 98.1 Å². The summed E-state index contributed by atoms with van der Waals surface area (Å²) in [5.41, 5.74) is 3.35. The van der Waals surface area contributed by atoms with Crippen molar-refractivity contribution in [2.75, 3.05) is 0 Å². The molecule has 11 heavy (non-hydrogen) atoms. The molecular formula is C8H15BrMgSi. The van der Waals surface area contributed by atoms with Gasteiger partial charge in [0.15, 0.2) is 0 Å². The van der Waals surface area contributed by atoms with Gasteiger partial charge >= 0.3 is 23.1 Å². The number of rotatable bonds is 2. The van der Waals surface area contributed by atoms with Gasteiger partial charge in [-0.15, -0.1) is 0 Å². The van der Waals surface area contributed by atoms with Gasteiger partial charge in [0, 0.05) is 0 Å². The molecular weight excluding hydrogens is 228 g/mol. The van der Waals surface area contributed by atoms with Crippen molar-refractivity contribution in [2.24, 2.45) is 0 Å². The zero-order chi connectivity index (χ0) is 7.33. The van der Waals surface area contributed by atoms with Crippen LogP contribution in [0.15, 0.2) is 18.2 Å². The molecule has 0 aliphatic rings. The maximum Gasteiger partial charge on any atom is 2.00 e. The minimum absolute atomic E-state index is 0. The van der Waals surface area contributed by atoms with Gasteiger partial charge in [0.2, 0.25) is 0 Å². The van der Waals surface area contributed by atoms with Crippen molar-refractivity contribution in [1.82, 2.24) is 0 Å². The summed E-state index contributed by atoms with van der Waals surface area (Å²) in [6.07, 6.45) is 6.07. The average molecular weight is 244 g/mol. The molecule has 0 rings (SSSR count). The molecule has 0 saturated carbocycles. The number of hydrogen-bond donors (Lipinski definition) is 0. The van der Waals surface area contributed by atoms with Crippen molar-refractivity contribution >= 4 is 31.1 Å². The van der Waals surface area contributed by atoms with Crippen LogP contribution in [0.1, 0.15) is 6.92 Å². The van der Waals surface area contributed by atoms with E-state index >= 15 is 0 Å². The molecule has 0 amide bonds. The molecule has 0 fully saturated rings. The van der Waals surface area contributed by atoms with E-state index in [9.17, 15) is 0 Å². The fourth-order valence-electron chi connectivity index (χ4n) is 0.394. The smallest absolute Gasteiger partial charge is 1.00 e. The summed E-state index contributed by atoms with van der Waals surface area (Å²) < 4.78 is 0. The SMILES string of the molecule is C/C=C/C=[C-][Si](C)(C)C.[Br-].[Mg+2]. The summed E-state index contributed by atoms with van der Waals surface area (Å²) in [7, 11) is -1.05. The Balaban J connectivity index is -0.000000320. The maximum atomic E-state index is 3.35. The van der Waals surface area contributed by atoms with Gasteiger partial charge in [-0.05, 0) is 8.07 Å². The van der Waals surface area contributed by atoms with Gasteiger partial charge in [-0.2, -0.15) is 6.08 Å². The van der Waals surface area contributed by atoms with Gasteiger partial charge in [0.05, 0.1) is 0 Å². The molecule has 0 nitrogen and oxygen atoms in total. The summed E-state index contributed by atoms with van der Waals surface area (Å²) in [5.74, 6) is 0. The number of allylic oxidation sites excluding steroid dienone is 3. The third kappa shape index (κ3) is 18.2. The largest absolute Gasteiger partial charge is 2.00 e. The van der Waals surface area contributed by atoms with Gasteiger partial charge in [-0.3, -0.25) is 5.70 Å². The topological polar surface area (TPSA) is 0 Å². The molecule has 0 unspecified atom stereocenters. The molecule has 3 heteroatoms. The molecule has 0 spiro atoms. The second-order valence-corrected chi connectivity index (χ2v) is 7.88. The summed E-state index contributed by atoms with van der Waals surface area (Å²) in [5, 5.41) is 0. The second-order valence-electron chi connectivity index (χ2n) is 3.09. The van der Waals surface area contributed by atoms with Crippen LogP contribution in [0.5, 0.6) is 0 Å². The Morgan fingerprint density at radius 1 is 1.18 bits per heavy atom. The maximum absolute atomic E-state index is 3.35. The van der Waals surface area contributed by atoms with E-state index in [1.165, 1.54) is 0 Å². The first kappa shape index (κ1) is 17.9. The molecule has 0 aliphatic carbocycles. The van der Waals surface area contributed by atoms with Crippen LogP contribution >= 0.6 is 0 Å². The molecule has 0 saturated heterocycles. The van der Waals surface area contributed by atoms with E-state index in [0.29, 0.717) is 0 Å². The third-order valence-corrected chi connectivity index (χ3v) is 1.84. The van der Waals surface area contributed by atoms with Crippen LogP contribution < -0.4 is 17.0 Å². The van der Waals surface area contributed by atoms with Crippen LogP contribution in [0, 0.1) is 5.70 Å². The van der Waals surface area contributed by atoms with Gasteiger partial charge in [-0.1, -0.05) is 26.6 Å². The molecule has 0 heterocycles. The average Bonchev–Trinajstić information content (AvgIpc) is 1.63. The van der Waals surface area contributed by atoms with Gasteiger partial charge in [0.25, 0.3) is 0 Å². The Morgan fingerprint density at radius 2 is 1.64 bits per heavy atom. The number of hydrogen-bond acceptors (Lipinski definition) is 0. The van der Waals surface area contributed by atoms with E-state index < -0.39 is 8.07 Å². The summed E-state index contributed by atoms with van der Waals surface area (Å²) in [4.78, 5) is 0. The van der Waals surface area contributed by atoms with Crippen molar-refractivity contribution < 1.29 is 17.0 Å². The summed E-state index contributed by atoms with van der Waals surface area (Å²) >= 11 is 0. The fraction of sp³-hybridized carbons (Fsp3) is 0.500. The van der Waals surface area contributed by atoms with Crippen LogP contribution in [-0.2, 0) is 0 Å². The van der Waals surface area contributed by atoms with E-state index in [1.54, 1.807) is 0 Å². The van der Waals surface area contributed by atoms with E-state index in [0.717, 1.165) is 0 Å². The van der Waals surface area contributed by atoms with Crippen molar-refractivity contribution in [3.05, 3.63) is 23.9 Å². The predicted molar refractivity (Wildman–Crippen MR) is 51.7 cm³/mol. The first-order valence-corrected chi connectivity index (χ1v) is 6.78. The molecule has 0 N–H and O–H groups in total. The van der Waals surface area contributed by atoms with Crippen molar-refractivity contribution in [3.8, 4) is 0 Å². The molecule has 0 bridgehead atoms. The third-order valence-electron chi connectivity index (χ3n) is 0.805. The van der Waals surface area contributed by atoms with Crippen LogP contribution in [0.25, 0.3) is 0 Å². The molecule has 0 aromatic heterocycles. The molecule has 0 aromatic carbocycles. The zero-order valence-electron chi connectivity index (χ0n) is 7.82. The van der Waals surface area contributed by atoms with Crippen LogP contribution in [0.2, 0.25) is 19.6 Å². The first-order chi connectivity index (χ1) is 4.06. The minimum Gasteiger partial charge on any atom is -1.00 e. The predicted octanol–water partition coefficient (Wildman–Crippen LogP) is -0.578. The standard InChI is InChI=1S/C8H15Si.BrH.Mg/c1-5-6-7-8-9(2,3)4;;/h5-7H,1-4H3;1H;/q-1;;+2/p-1/b6-5+;;. The minimum atomic E-state index is -1.05. The van der Waals surface area contributed by atoms with Crippen molar-refractivity contribution in [1.29, 1.82) is 0 Å². The fourth-order valence-corrected chi connectivity index (χ4v) is 0.991. The van der Waals surface area contributed by atoms with Gasteiger partial charge < -0.3 is 17.0 Å². The molecule has 0 atom stereocenters. The van der Waals surface area contributed by atoms with Crippen LogP contribution in [0.3, 0.4) is 0 Å². The Hall–Kier alpha value is 0.943. The molecule has 0 radical (unpaired) electrons. The van der Waals surface area contributed by atoms with Gasteiger partial charge in [0.1, 0.15) is 0 Å². The second kappa shape index (κ2) is 9.03. The quantitative estimate of drug-likeness (QED) is 0.346. The number of halogens is 1. The van der Waals surface area contributed by atoms with E-state index in [1.807, 2.05) is 25.2 Å². The van der Waals surface area contributed by atoms with E-state index in [-0.39, 0.29) is 40.0 Å². The molecule has 60 valence electrons. The van der Waals surface area contributed by atoms with E-state index in [2.05, 4.69) is 25.3 Å². The van der Waals surface area contributed by atoms with E-state index in [4.69, 9.17) is 0 Å². The summed E-state index contributed by atoms with van der Waals surface area (Å²) in [6, 6.07) is 0.